The first-order chi connectivity index (χ1) is 10.6. The fraction of sp³-hybridized carbons (Fsp3) is 0.263. The summed E-state index contributed by atoms with van der Waals surface area (Å²) in [7, 11) is 0. The van der Waals surface area contributed by atoms with Gasteiger partial charge in [0, 0.05) is 28.2 Å². The van der Waals surface area contributed by atoms with Gasteiger partial charge in [0.1, 0.15) is 0 Å². The first-order valence-corrected chi connectivity index (χ1v) is 8.04. The Morgan fingerprint density at radius 3 is 2.52 bits per heavy atom. The highest BCUT2D eigenvalue weighted by molar-refractivity contribution is 6.30. The van der Waals surface area contributed by atoms with Crippen LogP contribution in [-0.2, 0) is 13.0 Å². The maximum absolute atomic E-state index is 5.90. The predicted octanol–water partition coefficient (Wildman–Crippen LogP) is 5.19. The van der Waals surface area contributed by atoms with Crippen LogP contribution in [0.25, 0.3) is 10.9 Å². The molecule has 1 aromatic heterocycles. The van der Waals surface area contributed by atoms with Gasteiger partial charge in [0.05, 0.1) is 0 Å². The Bertz CT molecular complexity index is 776. The van der Waals surface area contributed by atoms with Crippen molar-refractivity contribution in [1.82, 2.24) is 10.3 Å². The molecule has 0 radical (unpaired) electrons. The first kappa shape index (κ1) is 17.9. The van der Waals surface area contributed by atoms with E-state index in [1.54, 1.807) is 0 Å². The second-order valence-electron chi connectivity index (χ2n) is 5.83. The van der Waals surface area contributed by atoms with E-state index < -0.39 is 0 Å². The van der Waals surface area contributed by atoms with Crippen molar-refractivity contribution in [3.05, 3.63) is 69.9 Å². The lowest BCUT2D eigenvalue weighted by Gasteiger charge is -2.06. The summed E-state index contributed by atoms with van der Waals surface area (Å²) in [5.74, 6) is 0. The Morgan fingerprint density at radius 1 is 1.04 bits per heavy atom. The van der Waals surface area contributed by atoms with E-state index in [-0.39, 0.29) is 12.4 Å². The van der Waals surface area contributed by atoms with E-state index in [2.05, 4.69) is 54.5 Å². The number of rotatable bonds is 5. The van der Waals surface area contributed by atoms with Crippen LogP contribution in [-0.4, -0.2) is 11.5 Å². The van der Waals surface area contributed by atoms with Crippen LogP contribution in [0.4, 0.5) is 0 Å². The minimum Gasteiger partial charge on any atom is -0.358 e. The van der Waals surface area contributed by atoms with E-state index in [4.69, 9.17) is 11.6 Å². The summed E-state index contributed by atoms with van der Waals surface area (Å²) >= 11 is 5.90. The van der Waals surface area contributed by atoms with Crippen LogP contribution in [0, 0.1) is 13.8 Å². The molecule has 3 aromatic rings. The fourth-order valence-electron chi connectivity index (χ4n) is 2.87. The lowest BCUT2D eigenvalue weighted by Crippen LogP contribution is -2.16. The minimum atomic E-state index is 0. The largest absolute Gasteiger partial charge is 0.358 e. The van der Waals surface area contributed by atoms with Crippen molar-refractivity contribution in [3.8, 4) is 0 Å². The molecule has 2 N–H and O–H groups in total. The number of hydrogen-bond donors (Lipinski definition) is 2. The molecule has 0 saturated heterocycles. The first-order valence-electron chi connectivity index (χ1n) is 7.66. The molecule has 0 fully saturated rings. The molecule has 4 heteroatoms. The van der Waals surface area contributed by atoms with Gasteiger partial charge in [0.2, 0.25) is 0 Å². The van der Waals surface area contributed by atoms with Crippen molar-refractivity contribution in [1.29, 1.82) is 0 Å². The third-order valence-corrected chi connectivity index (χ3v) is 4.32. The third-order valence-electron chi connectivity index (χ3n) is 4.07. The van der Waals surface area contributed by atoms with Crippen LogP contribution in [0.3, 0.4) is 0 Å². The summed E-state index contributed by atoms with van der Waals surface area (Å²) in [6, 6.07) is 14.6. The maximum Gasteiger partial charge on any atom is 0.0459 e. The van der Waals surface area contributed by atoms with E-state index in [1.807, 2.05) is 12.1 Å². The molecule has 2 aromatic carbocycles. The molecule has 0 aliphatic rings. The zero-order valence-electron chi connectivity index (χ0n) is 13.4. The van der Waals surface area contributed by atoms with E-state index in [1.165, 1.54) is 33.3 Å². The van der Waals surface area contributed by atoms with Crippen LogP contribution in [0.2, 0.25) is 5.02 Å². The van der Waals surface area contributed by atoms with Crippen LogP contribution in [0.1, 0.15) is 22.4 Å². The molecule has 0 spiro atoms. The Kier molecular flexibility index (Phi) is 6.11. The third kappa shape index (κ3) is 4.29. The highest BCUT2D eigenvalue weighted by atomic mass is 35.5. The van der Waals surface area contributed by atoms with E-state index >= 15 is 0 Å². The molecule has 0 bridgehead atoms. The summed E-state index contributed by atoms with van der Waals surface area (Å²) in [5, 5.41) is 5.65. The van der Waals surface area contributed by atoms with Crippen molar-refractivity contribution in [2.75, 3.05) is 6.54 Å². The van der Waals surface area contributed by atoms with Gasteiger partial charge >= 0.3 is 0 Å². The average Bonchev–Trinajstić information content (AvgIpc) is 2.81. The SMILES string of the molecule is Cc1ccc2[nH]c(C)c(CCNCc3ccc(Cl)cc3)c2c1.Cl. The van der Waals surface area contributed by atoms with Gasteiger partial charge < -0.3 is 10.3 Å². The quantitative estimate of drug-likeness (QED) is 0.610. The number of nitrogens with one attached hydrogen (secondary N) is 2. The number of aromatic nitrogens is 1. The van der Waals surface area contributed by atoms with Crippen molar-refractivity contribution in [2.24, 2.45) is 0 Å². The summed E-state index contributed by atoms with van der Waals surface area (Å²) < 4.78 is 0. The summed E-state index contributed by atoms with van der Waals surface area (Å²) in [5.41, 5.74) is 6.49. The fourth-order valence-corrected chi connectivity index (χ4v) is 2.99. The van der Waals surface area contributed by atoms with Crippen LogP contribution in [0.15, 0.2) is 42.5 Å². The van der Waals surface area contributed by atoms with Gasteiger partial charge in [-0.2, -0.15) is 0 Å². The molecule has 1 heterocycles. The molecule has 0 atom stereocenters. The molecule has 3 rings (SSSR count). The Hall–Kier alpha value is -1.48. The number of aryl methyl sites for hydroxylation is 2. The smallest absolute Gasteiger partial charge is 0.0459 e. The highest BCUT2D eigenvalue weighted by Crippen LogP contribution is 2.23. The van der Waals surface area contributed by atoms with E-state index in [9.17, 15) is 0 Å². The zero-order chi connectivity index (χ0) is 15.5. The minimum absolute atomic E-state index is 0. The average molecular weight is 349 g/mol. The lowest BCUT2D eigenvalue weighted by atomic mass is 10.1. The number of H-pyrrole nitrogens is 1. The number of aromatic amines is 1. The molecule has 2 nitrogen and oxygen atoms in total. The lowest BCUT2D eigenvalue weighted by molar-refractivity contribution is 0.687. The second-order valence-corrected chi connectivity index (χ2v) is 6.27. The van der Waals surface area contributed by atoms with Gasteiger partial charge in [-0.25, -0.2) is 0 Å². The van der Waals surface area contributed by atoms with Crippen LogP contribution >= 0.6 is 24.0 Å². The normalized spacial score (nSPS) is 10.7. The van der Waals surface area contributed by atoms with Gasteiger partial charge in [0.25, 0.3) is 0 Å². The molecular formula is C19H22Cl2N2. The van der Waals surface area contributed by atoms with Crippen LogP contribution < -0.4 is 5.32 Å². The van der Waals surface area contributed by atoms with Crippen molar-refractivity contribution in [3.63, 3.8) is 0 Å². The van der Waals surface area contributed by atoms with Crippen molar-refractivity contribution < 1.29 is 0 Å². The number of fused-ring (bicyclic) bond motifs is 1. The number of benzene rings is 2. The van der Waals surface area contributed by atoms with Gasteiger partial charge in [0.15, 0.2) is 0 Å². The monoisotopic (exact) mass is 348 g/mol. The maximum atomic E-state index is 5.90. The predicted molar refractivity (Wildman–Crippen MR) is 102 cm³/mol. The topological polar surface area (TPSA) is 27.8 Å². The Balaban J connectivity index is 0.00000192. The van der Waals surface area contributed by atoms with Gasteiger partial charge in [-0.1, -0.05) is 35.4 Å². The number of hydrogen-bond acceptors (Lipinski definition) is 1. The molecule has 23 heavy (non-hydrogen) atoms. The standard InChI is InChI=1S/C19H21ClN2.ClH/c1-13-3-8-19-18(11-13)17(14(2)22-19)9-10-21-12-15-4-6-16(20)7-5-15;/h3-8,11,21-22H,9-10,12H2,1-2H3;1H. The van der Waals surface area contributed by atoms with Gasteiger partial charge in [-0.3, -0.25) is 0 Å². The Morgan fingerprint density at radius 2 is 1.78 bits per heavy atom. The van der Waals surface area contributed by atoms with Crippen LogP contribution in [0.5, 0.6) is 0 Å². The Labute approximate surface area is 148 Å². The van der Waals surface area contributed by atoms with Crippen molar-refractivity contribution >= 4 is 34.9 Å². The molecule has 0 aliphatic carbocycles. The summed E-state index contributed by atoms with van der Waals surface area (Å²) in [6.07, 6.45) is 1.03. The zero-order valence-corrected chi connectivity index (χ0v) is 15.0. The van der Waals surface area contributed by atoms with E-state index in [0.717, 1.165) is 24.5 Å². The molecule has 0 aliphatic heterocycles. The molecular weight excluding hydrogens is 327 g/mol. The molecule has 0 saturated carbocycles. The molecule has 0 amide bonds. The van der Waals surface area contributed by atoms with Gasteiger partial charge in [-0.15, -0.1) is 12.4 Å². The highest BCUT2D eigenvalue weighted by Gasteiger charge is 2.08. The molecule has 122 valence electrons. The van der Waals surface area contributed by atoms with E-state index in [0.29, 0.717) is 0 Å². The summed E-state index contributed by atoms with van der Waals surface area (Å²) in [4.78, 5) is 3.48. The number of halogens is 2. The molecule has 0 unspecified atom stereocenters. The summed E-state index contributed by atoms with van der Waals surface area (Å²) in [6.45, 7) is 6.14. The second kappa shape index (κ2) is 7.87. The van der Waals surface area contributed by atoms with Gasteiger partial charge in [-0.05, 0) is 62.2 Å². The van der Waals surface area contributed by atoms with Crippen molar-refractivity contribution in [2.45, 2.75) is 26.8 Å².